The molecule has 3 aromatic rings. The molecular formula is C24H32IN5. The Morgan fingerprint density at radius 3 is 2.33 bits per heavy atom. The van der Waals surface area contributed by atoms with Crippen molar-refractivity contribution in [3.05, 3.63) is 89.7 Å². The fourth-order valence-corrected chi connectivity index (χ4v) is 3.38. The molecule has 0 amide bonds. The molecule has 1 atom stereocenters. The molecule has 5 nitrogen and oxygen atoms in total. The molecule has 0 aliphatic rings. The molecule has 2 aromatic carbocycles. The highest BCUT2D eigenvalue weighted by molar-refractivity contribution is 14.0. The van der Waals surface area contributed by atoms with Gasteiger partial charge in [0.15, 0.2) is 5.96 Å². The molecule has 1 heterocycles. The molecule has 30 heavy (non-hydrogen) atoms. The van der Waals surface area contributed by atoms with Crippen molar-refractivity contribution in [2.45, 2.75) is 25.7 Å². The Hall–Kier alpha value is -2.35. The summed E-state index contributed by atoms with van der Waals surface area (Å²) < 4.78 is 1.84. The number of nitrogens with one attached hydrogen (secondary N) is 2. The molecule has 0 bridgehead atoms. The van der Waals surface area contributed by atoms with Crippen molar-refractivity contribution in [2.24, 2.45) is 12.0 Å². The zero-order valence-corrected chi connectivity index (χ0v) is 20.1. The van der Waals surface area contributed by atoms with Crippen molar-refractivity contribution in [2.75, 3.05) is 19.6 Å². The number of guanidine groups is 1. The van der Waals surface area contributed by atoms with E-state index in [0.717, 1.165) is 38.4 Å². The fourth-order valence-electron chi connectivity index (χ4n) is 3.38. The van der Waals surface area contributed by atoms with Gasteiger partial charge in [0.1, 0.15) is 0 Å². The van der Waals surface area contributed by atoms with Crippen LogP contribution in [0.4, 0.5) is 0 Å². The number of nitrogens with zero attached hydrogens (tertiary/aromatic N) is 3. The van der Waals surface area contributed by atoms with Gasteiger partial charge in [-0.1, -0.05) is 60.7 Å². The van der Waals surface area contributed by atoms with Gasteiger partial charge in [-0.15, -0.1) is 24.0 Å². The lowest BCUT2D eigenvalue weighted by Gasteiger charge is -2.17. The van der Waals surface area contributed by atoms with E-state index in [1.165, 1.54) is 16.7 Å². The number of hydrogen-bond donors (Lipinski definition) is 2. The quantitative estimate of drug-likeness (QED) is 0.255. The number of benzene rings is 2. The molecule has 6 heteroatoms. The highest BCUT2D eigenvalue weighted by atomic mass is 127. The average Bonchev–Trinajstić information content (AvgIpc) is 3.17. The van der Waals surface area contributed by atoms with Gasteiger partial charge in [0, 0.05) is 38.8 Å². The summed E-state index contributed by atoms with van der Waals surface area (Å²) in [6.45, 7) is 4.50. The fraction of sp³-hybridized carbons (Fsp3) is 0.333. The van der Waals surface area contributed by atoms with E-state index in [0.29, 0.717) is 5.92 Å². The molecule has 2 N–H and O–H groups in total. The van der Waals surface area contributed by atoms with E-state index in [-0.39, 0.29) is 24.0 Å². The summed E-state index contributed by atoms with van der Waals surface area (Å²) in [5, 5.41) is 11.0. The number of aliphatic imine (C=N–C) groups is 1. The first kappa shape index (κ1) is 23.9. The molecular weight excluding hydrogens is 485 g/mol. The number of rotatable bonds is 9. The second-order valence-electron chi connectivity index (χ2n) is 7.22. The van der Waals surface area contributed by atoms with Gasteiger partial charge >= 0.3 is 0 Å². The Bertz CT molecular complexity index is 877. The molecule has 0 aliphatic carbocycles. The van der Waals surface area contributed by atoms with Crippen molar-refractivity contribution in [3.63, 3.8) is 0 Å². The van der Waals surface area contributed by atoms with Gasteiger partial charge in [-0.25, -0.2) is 0 Å². The zero-order chi connectivity index (χ0) is 20.3. The van der Waals surface area contributed by atoms with Crippen molar-refractivity contribution in [1.82, 2.24) is 20.4 Å². The van der Waals surface area contributed by atoms with Crippen LogP contribution in [0.2, 0.25) is 0 Å². The number of hydrogen-bond acceptors (Lipinski definition) is 2. The minimum Gasteiger partial charge on any atom is -0.357 e. The molecule has 0 saturated carbocycles. The van der Waals surface area contributed by atoms with Crippen LogP contribution in [0.25, 0.3) is 0 Å². The largest absolute Gasteiger partial charge is 0.357 e. The third-order valence-electron chi connectivity index (χ3n) is 4.87. The highest BCUT2D eigenvalue weighted by Crippen LogP contribution is 2.21. The molecule has 0 radical (unpaired) electrons. The first-order valence-corrected chi connectivity index (χ1v) is 10.3. The molecule has 0 spiro atoms. The lowest BCUT2D eigenvalue weighted by atomic mass is 9.92. The van der Waals surface area contributed by atoms with Crippen LogP contribution in [0.1, 0.15) is 29.5 Å². The van der Waals surface area contributed by atoms with Crippen molar-refractivity contribution >= 4 is 29.9 Å². The van der Waals surface area contributed by atoms with E-state index in [2.05, 4.69) is 89.5 Å². The van der Waals surface area contributed by atoms with Crippen molar-refractivity contribution in [3.8, 4) is 0 Å². The normalized spacial score (nSPS) is 12.1. The Balaban J connectivity index is 0.00000320. The molecule has 1 unspecified atom stereocenters. The number of aryl methyl sites for hydroxylation is 1. The summed E-state index contributed by atoms with van der Waals surface area (Å²) in [5.41, 5.74) is 3.89. The molecule has 0 fully saturated rings. The highest BCUT2D eigenvalue weighted by Gasteiger charge is 2.12. The van der Waals surface area contributed by atoms with Crippen molar-refractivity contribution < 1.29 is 0 Å². The number of halogens is 1. The second kappa shape index (κ2) is 13.1. The molecule has 3 rings (SSSR count). The predicted molar refractivity (Wildman–Crippen MR) is 136 cm³/mol. The Morgan fingerprint density at radius 2 is 1.70 bits per heavy atom. The summed E-state index contributed by atoms with van der Waals surface area (Å²) in [5.74, 6) is 1.21. The van der Waals surface area contributed by atoms with Gasteiger partial charge in [0.2, 0.25) is 0 Å². The van der Waals surface area contributed by atoms with Gasteiger partial charge in [-0.05, 0) is 36.5 Å². The monoisotopic (exact) mass is 517 g/mol. The maximum Gasteiger partial charge on any atom is 0.191 e. The lowest BCUT2D eigenvalue weighted by Crippen LogP contribution is -2.38. The third kappa shape index (κ3) is 7.82. The van der Waals surface area contributed by atoms with Crippen LogP contribution in [-0.2, 0) is 19.9 Å². The van der Waals surface area contributed by atoms with E-state index >= 15 is 0 Å². The summed E-state index contributed by atoms with van der Waals surface area (Å²) in [6, 6.07) is 21.3. The summed E-state index contributed by atoms with van der Waals surface area (Å²) in [4.78, 5) is 4.90. The van der Waals surface area contributed by atoms with Gasteiger partial charge in [0.25, 0.3) is 0 Å². The summed E-state index contributed by atoms with van der Waals surface area (Å²) in [7, 11) is 1.94. The predicted octanol–water partition coefficient (Wildman–Crippen LogP) is 4.16. The Kier molecular flexibility index (Phi) is 10.4. The summed E-state index contributed by atoms with van der Waals surface area (Å²) >= 11 is 0. The van der Waals surface area contributed by atoms with E-state index in [1.807, 2.05) is 17.9 Å². The summed E-state index contributed by atoms with van der Waals surface area (Å²) in [6.07, 6.45) is 5.86. The maximum absolute atomic E-state index is 4.90. The molecule has 160 valence electrons. The topological polar surface area (TPSA) is 54.2 Å². The minimum absolute atomic E-state index is 0. The van der Waals surface area contributed by atoms with Crippen LogP contribution in [0, 0.1) is 0 Å². The zero-order valence-electron chi connectivity index (χ0n) is 17.8. The number of aromatic nitrogens is 2. The minimum atomic E-state index is 0. The maximum atomic E-state index is 4.90. The first-order chi connectivity index (χ1) is 14.2. The smallest absolute Gasteiger partial charge is 0.191 e. The van der Waals surface area contributed by atoms with Crippen LogP contribution in [0.5, 0.6) is 0 Å². The molecule has 1 aromatic heterocycles. The van der Waals surface area contributed by atoms with Crippen LogP contribution >= 0.6 is 24.0 Å². The first-order valence-electron chi connectivity index (χ1n) is 10.3. The van der Waals surface area contributed by atoms with Gasteiger partial charge in [-0.3, -0.25) is 9.67 Å². The Morgan fingerprint density at radius 1 is 1.00 bits per heavy atom. The lowest BCUT2D eigenvalue weighted by molar-refractivity contribution is 0.685. The van der Waals surface area contributed by atoms with Gasteiger partial charge < -0.3 is 10.6 Å². The van der Waals surface area contributed by atoms with Crippen LogP contribution in [0.3, 0.4) is 0 Å². The van der Waals surface area contributed by atoms with Gasteiger partial charge in [-0.2, -0.15) is 5.10 Å². The average molecular weight is 517 g/mol. The second-order valence-corrected chi connectivity index (χ2v) is 7.22. The van der Waals surface area contributed by atoms with E-state index in [4.69, 9.17) is 4.99 Å². The SMILES string of the molecule is CCNC(=NCC(Cc1ccccc1)c1ccccc1)NCCc1cnn(C)c1.I. The molecule has 0 saturated heterocycles. The van der Waals surface area contributed by atoms with Crippen molar-refractivity contribution in [1.29, 1.82) is 0 Å². The van der Waals surface area contributed by atoms with Crippen LogP contribution < -0.4 is 10.6 Å². The third-order valence-corrected chi connectivity index (χ3v) is 4.87. The standard InChI is InChI=1S/C24H31N5.HI/c1-3-25-24(26-15-14-21-17-28-29(2)19-21)27-18-23(22-12-8-5-9-13-22)16-20-10-6-4-7-11-20;/h4-13,17,19,23H,3,14-16,18H2,1-2H3,(H2,25,26,27);1H. The van der Waals surface area contributed by atoms with E-state index < -0.39 is 0 Å². The molecule has 0 aliphatic heterocycles. The Labute approximate surface area is 197 Å². The van der Waals surface area contributed by atoms with E-state index in [9.17, 15) is 0 Å². The van der Waals surface area contributed by atoms with Crippen LogP contribution in [-0.4, -0.2) is 35.4 Å². The van der Waals surface area contributed by atoms with E-state index in [1.54, 1.807) is 0 Å². The van der Waals surface area contributed by atoms with Gasteiger partial charge in [0.05, 0.1) is 6.20 Å². The van der Waals surface area contributed by atoms with Crippen LogP contribution in [0.15, 0.2) is 78.0 Å².